The van der Waals surface area contributed by atoms with Crippen LogP contribution in [-0.4, -0.2) is 11.8 Å². The summed E-state index contributed by atoms with van der Waals surface area (Å²) in [4.78, 5) is 27.7. The lowest BCUT2D eigenvalue weighted by atomic mass is 10.0. The van der Waals surface area contributed by atoms with Gasteiger partial charge in [0.2, 0.25) is 18.3 Å². The van der Waals surface area contributed by atoms with Gasteiger partial charge in [-0.25, -0.2) is 0 Å². The molecular weight excluding hydrogens is 433 g/mol. The SMILES string of the molecule is O=C(Nc1ccc(Cl)cc1)[C@@H]1c2cccc[n+]2CC(=O)N1c1ccc(Cl)c(Cl)c1. The molecule has 1 atom stereocenters. The van der Waals surface area contributed by atoms with E-state index in [0.29, 0.717) is 32.1 Å². The molecule has 146 valence electrons. The summed E-state index contributed by atoms with van der Waals surface area (Å²) in [5.41, 5.74) is 1.76. The third-order valence-electron chi connectivity index (χ3n) is 4.63. The van der Waals surface area contributed by atoms with Crippen molar-refractivity contribution in [2.75, 3.05) is 10.2 Å². The molecule has 0 spiro atoms. The summed E-state index contributed by atoms with van der Waals surface area (Å²) < 4.78 is 1.77. The highest BCUT2D eigenvalue weighted by atomic mass is 35.5. The van der Waals surface area contributed by atoms with Gasteiger partial charge in [0.15, 0.2) is 6.20 Å². The van der Waals surface area contributed by atoms with Crippen molar-refractivity contribution < 1.29 is 14.2 Å². The van der Waals surface area contributed by atoms with Gasteiger partial charge in [-0.05, 0) is 42.5 Å². The number of benzene rings is 2. The zero-order valence-electron chi connectivity index (χ0n) is 15.0. The number of halogens is 3. The van der Waals surface area contributed by atoms with Crippen LogP contribution in [0, 0.1) is 0 Å². The van der Waals surface area contributed by atoms with Gasteiger partial charge < -0.3 is 5.32 Å². The summed E-state index contributed by atoms with van der Waals surface area (Å²) in [6.07, 6.45) is 1.78. The van der Waals surface area contributed by atoms with Gasteiger partial charge in [-0.1, -0.05) is 40.9 Å². The average Bonchev–Trinajstić information content (AvgIpc) is 2.71. The zero-order valence-corrected chi connectivity index (χ0v) is 17.2. The minimum Gasteiger partial charge on any atom is -0.324 e. The lowest BCUT2D eigenvalue weighted by Gasteiger charge is -2.32. The molecule has 2 heterocycles. The van der Waals surface area contributed by atoms with Crippen molar-refractivity contribution in [1.29, 1.82) is 0 Å². The fourth-order valence-electron chi connectivity index (χ4n) is 3.30. The van der Waals surface area contributed by atoms with Crippen LogP contribution in [0.3, 0.4) is 0 Å². The first-order valence-corrected chi connectivity index (χ1v) is 9.89. The van der Waals surface area contributed by atoms with Gasteiger partial charge in [0.05, 0.1) is 10.0 Å². The van der Waals surface area contributed by atoms with Gasteiger partial charge in [-0.3, -0.25) is 14.5 Å². The number of hydrogen-bond donors (Lipinski definition) is 1. The Morgan fingerprint density at radius 1 is 1.00 bits per heavy atom. The van der Waals surface area contributed by atoms with Crippen molar-refractivity contribution >= 4 is 58.0 Å². The Morgan fingerprint density at radius 3 is 2.48 bits per heavy atom. The Balaban J connectivity index is 1.78. The number of fused-ring (bicyclic) bond motifs is 1. The van der Waals surface area contributed by atoms with E-state index in [9.17, 15) is 9.59 Å². The topological polar surface area (TPSA) is 53.3 Å². The van der Waals surface area contributed by atoms with Crippen molar-refractivity contribution in [3.05, 3.63) is 87.6 Å². The fourth-order valence-corrected chi connectivity index (χ4v) is 3.72. The van der Waals surface area contributed by atoms with E-state index in [1.807, 2.05) is 18.2 Å². The van der Waals surface area contributed by atoms with E-state index < -0.39 is 6.04 Å². The fraction of sp³-hybridized carbons (Fsp3) is 0.0952. The molecule has 0 aliphatic carbocycles. The summed E-state index contributed by atoms with van der Waals surface area (Å²) >= 11 is 18.1. The number of hydrogen-bond acceptors (Lipinski definition) is 2. The number of carbonyl (C=O) groups excluding carboxylic acids is 2. The van der Waals surface area contributed by atoms with Crippen molar-refractivity contribution in [3.63, 3.8) is 0 Å². The summed E-state index contributed by atoms with van der Waals surface area (Å²) in [7, 11) is 0. The highest BCUT2D eigenvalue weighted by molar-refractivity contribution is 6.42. The number of carbonyl (C=O) groups is 2. The van der Waals surface area contributed by atoms with Gasteiger partial charge in [0.1, 0.15) is 0 Å². The third-order valence-corrected chi connectivity index (χ3v) is 5.62. The number of rotatable bonds is 3. The van der Waals surface area contributed by atoms with Crippen LogP contribution >= 0.6 is 34.8 Å². The van der Waals surface area contributed by atoms with E-state index in [0.717, 1.165) is 0 Å². The highest BCUT2D eigenvalue weighted by Crippen LogP contribution is 2.34. The molecular formula is C21H15Cl3N3O2+. The lowest BCUT2D eigenvalue weighted by Crippen LogP contribution is -2.58. The number of amides is 2. The second kappa shape index (κ2) is 8.03. The molecule has 1 aromatic heterocycles. The number of aromatic nitrogens is 1. The van der Waals surface area contributed by atoms with Crippen molar-refractivity contribution in [2.45, 2.75) is 12.6 Å². The smallest absolute Gasteiger partial charge is 0.294 e. The van der Waals surface area contributed by atoms with Crippen LogP contribution in [0.4, 0.5) is 11.4 Å². The van der Waals surface area contributed by atoms with Crippen LogP contribution in [-0.2, 0) is 16.1 Å². The highest BCUT2D eigenvalue weighted by Gasteiger charge is 2.43. The zero-order chi connectivity index (χ0) is 20.5. The summed E-state index contributed by atoms with van der Waals surface area (Å²) in [6, 6.07) is 16.2. The Morgan fingerprint density at radius 2 is 1.76 bits per heavy atom. The van der Waals surface area contributed by atoms with Crippen LogP contribution in [0.5, 0.6) is 0 Å². The second-order valence-corrected chi connectivity index (χ2v) is 7.77. The summed E-state index contributed by atoms with van der Waals surface area (Å²) in [5, 5.41) is 4.10. The molecule has 0 fully saturated rings. The molecule has 1 aliphatic heterocycles. The number of nitrogens with zero attached hydrogens (tertiary/aromatic N) is 2. The first-order chi connectivity index (χ1) is 13.9. The number of pyridine rings is 1. The predicted molar refractivity (Wildman–Crippen MR) is 113 cm³/mol. The monoisotopic (exact) mass is 446 g/mol. The molecule has 2 aromatic carbocycles. The maximum atomic E-state index is 13.3. The molecule has 4 rings (SSSR count). The predicted octanol–water partition coefficient (Wildman–Crippen LogP) is 4.66. The van der Waals surface area contributed by atoms with E-state index in [-0.39, 0.29) is 18.4 Å². The van der Waals surface area contributed by atoms with E-state index >= 15 is 0 Å². The van der Waals surface area contributed by atoms with E-state index in [2.05, 4.69) is 5.32 Å². The number of anilines is 2. The van der Waals surface area contributed by atoms with Crippen LogP contribution < -0.4 is 14.8 Å². The van der Waals surface area contributed by atoms with Crippen molar-refractivity contribution in [1.82, 2.24) is 0 Å². The molecule has 3 aromatic rings. The Labute approximate surface area is 182 Å². The molecule has 8 heteroatoms. The molecule has 0 saturated carbocycles. The quantitative estimate of drug-likeness (QED) is 0.594. The molecule has 0 saturated heterocycles. The van der Waals surface area contributed by atoms with Gasteiger partial charge in [0, 0.05) is 28.5 Å². The minimum atomic E-state index is -0.884. The molecule has 5 nitrogen and oxygen atoms in total. The van der Waals surface area contributed by atoms with E-state index in [1.165, 1.54) is 4.90 Å². The van der Waals surface area contributed by atoms with Crippen LogP contribution in [0.1, 0.15) is 11.7 Å². The van der Waals surface area contributed by atoms with Gasteiger partial charge in [-0.2, -0.15) is 4.57 Å². The van der Waals surface area contributed by atoms with Crippen molar-refractivity contribution in [3.8, 4) is 0 Å². The summed E-state index contributed by atoms with van der Waals surface area (Å²) in [5.74, 6) is -0.588. The molecule has 0 unspecified atom stereocenters. The number of nitrogens with one attached hydrogen (secondary N) is 1. The first-order valence-electron chi connectivity index (χ1n) is 8.76. The summed E-state index contributed by atoms with van der Waals surface area (Å²) in [6.45, 7) is 0.112. The molecule has 29 heavy (non-hydrogen) atoms. The lowest BCUT2D eigenvalue weighted by molar-refractivity contribution is -0.695. The minimum absolute atomic E-state index is 0.112. The Kier molecular flexibility index (Phi) is 5.46. The average molecular weight is 448 g/mol. The van der Waals surface area contributed by atoms with E-state index in [1.54, 1.807) is 53.2 Å². The van der Waals surface area contributed by atoms with Gasteiger partial charge in [0.25, 0.3) is 11.8 Å². The van der Waals surface area contributed by atoms with Crippen LogP contribution in [0.25, 0.3) is 0 Å². The molecule has 0 radical (unpaired) electrons. The van der Waals surface area contributed by atoms with Crippen LogP contribution in [0.2, 0.25) is 15.1 Å². The normalized spacial score (nSPS) is 15.8. The second-order valence-electron chi connectivity index (χ2n) is 6.51. The molecule has 1 aliphatic rings. The largest absolute Gasteiger partial charge is 0.324 e. The molecule has 0 bridgehead atoms. The Bertz CT molecular complexity index is 1100. The van der Waals surface area contributed by atoms with Crippen molar-refractivity contribution in [2.24, 2.45) is 0 Å². The van der Waals surface area contributed by atoms with E-state index in [4.69, 9.17) is 34.8 Å². The third kappa shape index (κ3) is 3.94. The molecule has 2 amide bonds. The van der Waals surface area contributed by atoms with Gasteiger partial charge >= 0.3 is 0 Å². The molecule has 1 N–H and O–H groups in total. The van der Waals surface area contributed by atoms with Gasteiger partial charge in [-0.15, -0.1) is 0 Å². The maximum Gasteiger partial charge on any atom is 0.294 e. The first kappa shape index (κ1) is 19.7. The van der Waals surface area contributed by atoms with Crippen LogP contribution in [0.15, 0.2) is 66.9 Å². The maximum absolute atomic E-state index is 13.3. The Hall–Kier alpha value is -2.60. The standard InChI is InChI=1S/C21H14Cl3N3O2/c22-13-4-6-14(7-5-13)25-21(29)20-18-3-1-2-10-26(18)12-19(28)27(20)15-8-9-16(23)17(24)11-15/h1-11,20H,12H2/p+1/t20-/m0/s1.